The molecule has 2 atom stereocenters. The van der Waals surface area contributed by atoms with Crippen molar-refractivity contribution in [2.24, 2.45) is 0 Å². The zero-order valence-corrected chi connectivity index (χ0v) is 14.3. The van der Waals surface area contributed by atoms with Gasteiger partial charge in [-0.15, -0.1) is 0 Å². The lowest BCUT2D eigenvalue weighted by molar-refractivity contribution is -0.123. The van der Waals surface area contributed by atoms with Crippen molar-refractivity contribution in [3.63, 3.8) is 0 Å². The molecule has 3 amide bonds. The van der Waals surface area contributed by atoms with Gasteiger partial charge in [0.1, 0.15) is 6.04 Å². The van der Waals surface area contributed by atoms with E-state index >= 15 is 0 Å². The van der Waals surface area contributed by atoms with E-state index in [9.17, 15) is 9.59 Å². The van der Waals surface area contributed by atoms with Crippen LogP contribution in [0.15, 0.2) is 30.3 Å². The monoisotopic (exact) mass is 329 g/mol. The normalized spacial score (nSPS) is 22.5. The standard InChI is InChI=1S/C19H27N3O2/c1-14(11-12-15-7-3-2-4-8-15)20-18(23)17-13-22(19(24)21-17)16-9-5-6-10-16/h2-4,7-8,14,16-17H,5-6,9-13H2,1H3,(H,20,23)(H,21,24). The summed E-state index contributed by atoms with van der Waals surface area (Å²) in [6.07, 6.45) is 6.32. The third-order valence-corrected chi connectivity index (χ3v) is 5.12. The van der Waals surface area contributed by atoms with E-state index in [-0.39, 0.29) is 18.0 Å². The number of benzene rings is 1. The van der Waals surface area contributed by atoms with Crippen molar-refractivity contribution in [1.82, 2.24) is 15.5 Å². The summed E-state index contributed by atoms with van der Waals surface area (Å²) < 4.78 is 0. The summed E-state index contributed by atoms with van der Waals surface area (Å²) >= 11 is 0. The molecule has 0 spiro atoms. The molecule has 5 nitrogen and oxygen atoms in total. The highest BCUT2D eigenvalue weighted by Crippen LogP contribution is 2.25. The van der Waals surface area contributed by atoms with Gasteiger partial charge in [-0.05, 0) is 38.2 Å². The molecule has 0 radical (unpaired) electrons. The van der Waals surface area contributed by atoms with Gasteiger partial charge in [-0.2, -0.15) is 0 Å². The number of carbonyl (C=O) groups excluding carboxylic acids is 2. The van der Waals surface area contributed by atoms with E-state index in [1.165, 1.54) is 18.4 Å². The summed E-state index contributed by atoms with van der Waals surface area (Å²) in [5.41, 5.74) is 1.28. The van der Waals surface area contributed by atoms with Gasteiger partial charge in [-0.25, -0.2) is 4.79 Å². The van der Waals surface area contributed by atoms with Gasteiger partial charge < -0.3 is 15.5 Å². The van der Waals surface area contributed by atoms with E-state index in [0.29, 0.717) is 12.6 Å². The molecule has 2 aliphatic rings. The first-order valence-corrected chi connectivity index (χ1v) is 9.05. The van der Waals surface area contributed by atoms with E-state index < -0.39 is 6.04 Å². The first kappa shape index (κ1) is 16.8. The number of hydrogen-bond donors (Lipinski definition) is 2. The van der Waals surface area contributed by atoms with Crippen LogP contribution in [0.5, 0.6) is 0 Å². The van der Waals surface area contributed by atoms with Crippen molar-refractivity contribution in [3.05, 3.63) is 35.9 Å². The summed E-state index contributed by atoms with van der Waals surface area (Å²) in [6.45, 7) is 2.52. The molecule has 5 heteroatoms. The highest BCUT2D eigenvalue weighted by Gasteiger charge is 2.38. The predicted octanol–water partition coefficient (Wildman–Crippen LogP) is 2.46. The second-order valence-electron chi connectivity index (χ2n) is 7.03. The van der Waals surface area contributed by atoms with Gasteiger partial charge in [-0.1, -0.05) is 43.2 Å². The van der Waals surface area contributed by atoms with Crippen molar-refractivity contribution in [1.29, 1.82) is 0 Å². The van der Waals surface area contributed by atoms with Crippen LogP contribution in [0.3, 0.4) is 0 Å². The molecule has 1 heterocycles. The minimum absolute atomic E-state index is 0.0654. The van der Waals surface area contributed by atoms with Crippen molar-refractivity contribution in [2.75, 3.05) is 6.54 Å². The molecule has 2 fully saturated rings. The van der Waals surface area contributed by atoms with E-state index in [0.717, 1.165) is 25.7 Å². The van der Waals surface area contributed by atoms with Crippen LogP contribution >= 0.6 is 0 Å². The second-order valence-corrected chi connectivity index (χ2v) is 7.03. The van der Waals surface area contributed by atoms with E-state index in [1.54, 1.807) is 0 Å². The number of amides is 3. The molecule has 2 N–H and O–H groups in total. The second kappa shape index (κ2) is 7.69. The molecule has 3 rings (SSSR count). The number of aryl methyl sites for hydroxylation is 1. The van der Waals surface area contributed by atoms with Gasteiger partial charge in [-0.3, -0.25) is 4.79 Å². The van der Waals surface area contributed by atoms with Crippen molar-refractivity contribution in [2.45, 2.75) is 63.6 Å². The number of carbonyl (C=O) groups is 2. The molecule has 1 aromatic rings. The zero-order chi connectivity index (χ0) is 16.9. The summed E-state index contributed by atoms with van der Waals surface area (Å²) in [5.74, 6) is -0.0654. The maximum atomic E-state index is 12.4. The molecule has 130 valence electrons. The molecule has 0 aromatic heterocycles. The maximum Gasteiger partial charge on any atom is 0.318 e. The molecule has 24 heavy (non-hydrogen) atoms. The zero-order valence-electron chi connectivity index (χ0n) is 14.3. The van der Waals surface area contributed by atoms with Crippen LogP contribution in [0.25, 0.3) is 0 Å². The minimum Gasteiger partial charge on any atom is -0.352 e. The third kappa shape index (κ3) is 4.08. The number of rotatable bonds is 6. The first-order chi connectivity index (χ1) is 11.6. The molecule has 0 bridgehead atoms. The fourth-order valence-electron chi connectivity index (χ4n) is 3.68. The largest absolute Gasteiger partial charge is 0.352 e. The maximum absolute atomic E-state index is 12.4. The summed E-state index contributed by atoms with van der Waals surface area (Å²) in [5, 5.41) is 5.88. The van der Waals surface area contributed by atoms with E-state index in [2.05, 4.69) is 22.8 Å². The highest BCUT2D eigenvalue weighted by atomic mass is 16.2. The van der Waals surface area contributed by atoms with Crippen LogP contribution in [-0.4, -0.2) is 41.5 Å². The topological polar surface area (TPSA) is 61.4 Å². The minimum atomic E-state index is -0.419. The number of urea groups is 1. The van der Waals surface area contributed by atoms with Crippen molar-refractivity contribution in [3.8, 4) is 0 Å². The van der Waals surface area contributed by atoms with Gasteiger partial charge in [0.05, 0.1) is 6.54 Å². The lowest BCUT2D eigenvalue weighted by Crippen LogP contribution is -2.46. The lowest BCUT2D eigenvalue weighted by Gasteiger charge is -2.22. The summed E-state index contributed by atoms with van der Waals surface area (Å²) in [4.78, 5) is 26.4. The fourth-order valence-corrected chi connectivity index (χ4v) is 3.68. The van der Waals surface area contributed by atoms with Crippen LogP contribution < -0.4 is 10.6 Å². The molecule has 2 unspecified atom stereocenters. The van der Waals surface area contributed by atoms with Crippen LogP contribution in [0.4, 0.5) is 4.79 Å². The van der Waals surface area contributed by atoms with Crippen LogP contribution in [0.1, 0.15) is 44.6 Å². The highest BCUT2D eigenvalue weighted by molar-refractivity contribution is 5.90. The first-order valence-electron chi connectivity index (χ1n) is 9.05. The average molecular weight is 329 g/mol. The summed E-state index contributed by atoms with van der Waals surface area (Å²) in [6, 6.07) is 10.2. The molecular weight excluding hydrogens is 302 g/mol. The van der Waals surface area contributed by atoms with Gasteiger partial charge in [0.2, 0.25) is 5.91 Å². The average Bonchev–Trinajstić information content (AvgIpc) is 3.23. The molecule has 1 saturated heterocycles. The SMILES string of the molecule is CC(CCc1ccccc1)NC(=O)C1CN(C2CCCC2)C(=O)N1. The number of hydrogen-bond acceptors (Lipinski definition) is 2. The smallest absolute Gasteiger partial charge is 0.318 e. The fraction of sp³-hybridized carbons (Fsp3) is 0.579. The molecule has 1 saturated carbocycles. The van der Waals surface area contributed by atoms with Crippen LogP contribution in [0, 0.1) is 0 Å². The van der Waals surface area contributed by atoms with Gasteiger partial charge in [0.25, 0.3) is 0 Å². The Morgan fingerprint density at radius 2 is 2.00 bits per heavy atom. The Hall–Kier alpha value is -2.04. The molecule has 1 aliphatic carbocycles. The Kier molecular flexibility index (Phi) is 5.38. The van der Waals surface area contributed by atoms with Crippen molar-refractivity contribution >= 4 is 11.9 Å². The number of nitrogens with zero attached hydrogens (tertiary/aromatic N) is 1. The van der Waals surface area contributed by atoms with Crippen molar-refractivity contribution < 1.29 is 9.59 Å². The Morgan fingerprint density at radius 1 is 1.29 bits per heavy atom. The number of nitrogens with one attached hydrogen (secondary N) is 2. The van der Waals surface area contributed by atoms with Gasteiger partial charge in [0.15, 0.2) is 0 Å². The Labute approximate surface area is 143 Å². The Balaban J connectivity index is 1.45. The van der Waals surface area contributed by atoms with E-state index in [4.69, 9.17) is 0 Å². The lowest BCUT2D eigenvalue weighted by atomic mass is 10.1. The van der Waals surface area contributed by atoms with Gasteiger partial charge in [0, 0.05) is 12.1 Å². The quantitative estimate of drug-likeness (QED) is 0.842. The molecule has 1 aromatic carbocycles. The van der Waals surface area contributed by atoms with Gasteiger partial charge >= 0.3 is 6.03 Å². The molecule has 1 aliphatic heterocycles. The van der Waals surface area contributed by atoms with E-state index in [1.807, 2.05) is 30.0 Å². The van der Waals surface area contributed by atoms with Crippen LogP contribution in [-0.2, 0) is 11.2 Å². The Bertz CT molecular complexity index is 569. The summed E-state index contributed by atoms with van der Waals surface area (Å²) in [7, 11) is 0. The molecular formula is C19H27N3O2. The van der Waals surface area contributed by atoms with Crippen LogP contribution in [0.2, 0.25) is 0 Å². The Morgan fingerprint density at radius 3 is 2.71 bits per heavy atom. The predicted molar refractivity (Wildman–Crippen MR) is 93.6 cm³/mol. The third-order valence-electron chi connectivity index (χ3n) is 5.12.